The van der Waals surface area contributed by atoms with Gasteiger partial charge < -0.3 is 25.8 Å². The van der Waals surface area contributed by atoms with Gasteiger partial charge in [-0.05, 0) is 12.3 Å². The number of hydrogen-bond donors (Lipinski definition) is 4. The summed E-state index contributed by atoms with van der Waals surface area (Å²) in [5.74, 6) is 6.16. The van der Waals surface area contributed by atoms with Gasteiger partial charge in [-0.2, -0.15) is 5.26 Å². The molecule has 136 valence electrons. The maximum absolute atomic E-state index is 10.3. The molecule has 0 amide bonds. The summed E-state index contributed by atoms with van der Waals surface area (Å²) < 4.78 is 7.01. The van der Waals surface area contributed by atoms with Crippen LogP contribution in [0.4, 0.5) is 5.82 Å². The lowest BCUT2D eigenvalue weighted by Gasteiger charge is -2.17. The third kappa shape index (κ3) is 3.19. The summed E-state index contributed by atoms with van der Waals surface area (Å²) in [6.45, 7) is -0.451. The largest absolute Gasteiger partial charge is 0.394 e. The Morgan fingerprint density at radius 2 is 2.08 bits per heavy atom. The molecule has 1 aliphatic rings. The summed E-state index contributed by atoms with van der Waals surface area (Å²) in [7, 11) is 0. The number of anilines is 1. The Hall–Kier alpha value is -2.76. The number of aliphatic hydroxyl groups excluding tert-OH is 3. The lowest BCUT2D eigenvalue weighted by Crippen LogP contribution is -2.33. The summed E-state index contributed by atoms with van der Waals surface area (Å²) >= 11 is 0. The summed E-state index contributed by atoms with van der Waals surface area (Å²) in [5.41, 5.74) is 6.44. The Balaban J connectivity index is 2.03. The number of nitrogens with zero attached hydrogens (tertiary/aromatic N) is 5. The molecule has 3 rings (SSSR count). The van der Waals surface area contributed by atoms with E-state index in [-0.39, 0.29) is 11.6 Å². The van der Waals surface area contributed by atoms with Crippen LogP contribution >= 0.6 is 0 Å². The molecule has 1 aliphatic heterocycles. The lowest BCUT2D eigenvalue weighted by atomic mass is 10.1. The van der Waals surface area contributed by atoms with Crippen molar-refractivity contribution in [3.63, 3.8) is 0 Å². The number of nitriles is 1. The average molecular weight is 358 g/mol. The highest BCUT2D eigenvalue weighted by Crippen LogP contribution is 2.33. The monoisotopic (exact) mass is 358 g/mol. The number of hydrogen-bond acceptors (Lipinski definition) is 9. The van der Waals surface area contributed by atoms with Crippen molar-refractivity contribution in [3.05, 3.63) is 12.2 Å². The highest BCUT2D eigenvalue weighted by molar-refractivity contribution is 5.82. The molecule has 10 nitrogen and oxygen atoms in total. The van der Waals surface area contributed by atoms with Gasteiger partial charge in [-0.3, -0.25) is 4.57 Å². The van der Waals surface area contributed by atoms with Crippen LogP contribution in [0.5, 0.6) is 0 Å². The van der Waals surface area contributed by atoms with E-state index < -0.39 is 31.1 Å². The van der Waals surface area contributed by atoms with Gasteiger partial charge in [0.15, 0.2) is 29.0 Å². The number of ether oxygens (including phenoxy) is 1. The van der Waals surface area contributed by atoms with E-state index in [1.807, 2.05) is 6.07 Å². The number of aromatic nitrogens is 4. The molecule has 2 unspecified atom stereocenters. The smallest absolute Gasteiger partial charge is 0.189 e. The zero-order valence-electron chi connectivity index (χ0n) is 13.8. The van der Waals surface area contributed by atoms with E-state index in [4.69, 9.17) is 15.7 Å². The number of fused-ring (bicyclic) bond motifs is 1. The predicted molar refractivity (Wildman–Crippen MR) is 89.1 cm³/mol. The van der Waals surface area contributed by atoms with Gasteiger partial charge >= 0.3 is 0 Å². The molecule has 0 bridgehead atoms. The summed E-state index contributed by atoms with van der Waals surface area (Å²) in [5, 5.41) is 38.2. The first-order chi connectivity index (χ1) is 12.6. The van der Waals surface area contributed by atoms with E-state index in [1.165, 1.54) is 10.9 Å². The molecule has 0 aromatic carbocycles. The average Bonchev–Trinajstić information content (AvgIpc) is 3.14. The van der Waals surface area contributed by atoms with Crippen molar-refractivity contribution in [2.75, 3.05) is 12.3 Å². The Bertz CT molecular complexity index is 896. The van der Waals surface area contributed by atoms with Crippen molar-refractivity contribution in [2.45, 2.75) is 43.8 Å². The number of imidazole rings is 1. The number of nitrogens with two attached hydrogens (primary N) is 1. The minimum absolute atomic E-state index is 0.146. The summed E-state index contributed by atoms with van der Waals surface area (Å²) in [6, 6.07) is 2.05. The van der Waals surface area contributed by atoms with Crippen LogP contribution in [0.25, 0.3) is 11.2 Å². The zero-order valence-corrected chi connectivity index (χ0v) is 13.8. The molecule has 2 aromatic rings. The molecule has 1 saturated heterocycles. The van der Waals surface area contributed by atoms with E-state index >= 15 is 0 Å². The van der Waals surface area contributed by atoms with Gasteiger partial charge in [0.25, 0.3) is 0 Å². The molecule has 26 heavy (non-hydrogen) atoms. The number of unbranched alkanes of at least 4 members (excludes halogenated alkanes) is 2. The highest BCUT2D eigenvalue weighted by Gasteiger charge is 2.44. The van der Waals surface area contributed by atoms with Gasteiger partial charge in [-0.15, -0.1) is 0 Å². The van der Waals surface area contributed by atoms with Gasteiger partial charge in [0.1, 0.15) is 24.6 Å². The van der Waals surface area contributed by atoms with Crippen LogP contribution in [-0.2, 0) is 4.74 Å². The summed E-state index contributed by atoms with van der Waals surface area (Å²) in [4.78, 5) is 12.4. The van der Waals surface area contributed by atoms with Crippen LogP contribution in [0, 0.1) is 23.2 Å². The standard InChI is InChI=1S/C16H18N6O4/c17-6-4-2-1-3-5-10-21-11-14(18)19-8-20-15(11)22(10)16-13(25)12(24)9(7-23)26-16/h8-9,12-13,16,23-25H,1-2,4,7H2,(H2,18,19,20)/t9-,12?,13?,16-/m1/s1. The van der Waals surface area contributed by atoms with Crippen molar-refractivity contribution in [2.24, 2.45) is 0 Å². The molecule has 3 heterocycles. The van der Waals surface area contributed by atoms with Gasteiger partial charge in [-0.25, -0.2) is 15.0 Å². The van der Waals surface area contributed by atoms with E-state index in [9.17, 15) is 15.3 Å². The number of rotatable bonds is 4. The molecule has 10 heteroatoms. The second-order valence-electron chi connectivity index (χ2n) is 5.78. The Kier molecular flexibility index (Phi) is 5.30. The van der Waals surface area contributed by atoms with Crippen LogP contribution in [0.3, 0.4) is 0 Å². The van der Waals surface area contributed by atoms with E-state index in [0.717, 1.165) is 0 Å². The van der Waals surface area contributed by atoms with Gasteiger partial charge in [0.05, 0.1) is 12.7 Å². The molecule has 2 aromatic heterocycles. The second kappa shape index (κ2) is 7.64. The molecule has 4 atom stereocenters. The van der Waals surface area contributed by atoms with Gasteiger partial charge in [0, 0.05) is 12.8 Å². The van der Waals surface area contributed by atoms with E-state index in [2.05, 4.69) is 26.8 Å². The second-order valence-corrected chi connectivity index (χ2v) is 5.78. The van der Waals surface area contributed by atoms with Gasteiger partial charge in [0.2, 0.25) is 0 Å². The fourth-order valence-electron chi connectivity index (χ4n) is 2.75. The van der Waals surface area contributed by atoms with Crippen LogP contribution < -0.4 is 5.73 Å². The maximum Gasteiger partial charge on any atom is 0.189 e. The Labute approximate surface area is 148 Å². The lowest BCUT2D eigenvalue weighted by molar-refractivity contribution is -0.0514. The van der Waals surface area contributed by atoms with Crippen LogP contribution in [0.15, 0.2) is 6.33 Å². The van der Waals surface area contributed by atoms with E-state index in [0.29, 0.717) is 30.4 Å². The zero-order chi connectivity index (χ0) is 18.7. The minimum atomic E-state index is -1.31. The molecule has 1 fully saturated rings. The van der Waals surface area contributed by atoms with Crippen molar-refractivity contribution < 1.29 is 20.1 Å². The first-order valence-electron chi connectivity index (χ1n) is 8.05. The van der Waals surface area contributed by atoms with Crippen LogP contribution in [-0.4, -0.2) is 59.8 Å². The first-order valence-corrected chi connectivity index (χ1v) is 8.05. The van der Waals surface area contributed by atoms with Crippen LogP contribution in [0.2, 0.25) is 0 Å². The molecular formula is C16H18N6O4. The maximum atomic E-state index is 10.3. The molecule has 0 radical (unpaired) electrons. The molecule has 0 saturated carbocycles. The van der Waals surface area contributed by atoms with Crippen molar-refractivity contribution in [3.8, 4) is 17.9 Å². The summed E-state index contributed by atoms with van der Waals surface area (Å²) in [6.07, 6.45) is -1.78. The predicted octanol–water partition coefficient (Wildman–Crippen LogP) is -0.935. The molecule has 5 N–H and O–H groups in total. The fourth-order valence-corrected chi connectivity index (χ4v) is 2.75. The number of nitrogen functional groups attached to an aromatic ring is 1. The quantitative estimate of drug-likeness (QED) is 0.399. The van der Waals surface area contributed by atoms with Gasteiger partial charge in [-0.1, -0.05) is 5.92 Å². The molecule has 0 spiro atoms. The topological polar surface area (TPSA) is 163 Å². The number of aliphatic hydroxyl groups is 3. The van der Waals surface area contributed by atoms with Crippen LogP contribution in [0.1, 0.15) is 31.3 Å². The van der Waals surface area contributed by atoms with E-state index in [1.54, 1.807) is 0 Å². The third-order valence-electron chi connectivity index (χ3n) is 4.07. The molecule has 0 aliphatic carbocycles. The van der Waals surface area contributed by atoms with Crippen molar-refractivity contribution in [1.29, 1.82) is 5.26 Å². The minimum Gasteiger partial charge on any atom is -0.394 e. The Morgan fingerprint density at radius 3 is 2.77 bits per heavy atom. The SMILES string of the molecule is N#CCCCC#Cc1nc2c(N)ncnc2n1[C@@H]1O[C@H](CO)C(O)C1O. The Morgan fingerprint density at radius 1 is 1.27 bits per heavy atom. The van der Waals surface area contributed by atoms with Crippen molar-refractivity contribution >= 4 is 17.0 Å². The molecular weight excluding hydrogens is 340 g/mol. The fraction of sp³-hybridized carbons (Fsp3) is 0.500. The first kappa shape index (κ1) is 18.0. The van der Waals surface area contributed by atoms with Crippen molar-refractivity contribution in [1.82, 2.24) is 19.5 Å². The third-order valence-corrected chi connectivity index (χ3v) is 4.07. The normalized spacial score (nSPS) is 25.0. The highest BCUT2D eigenvalue weighted by atomic mass is 16.6.